The Balaban J connectivity index is 2.63. The molecule has 0 heterocycles. The molecule has 124 valence electrons. The molecule has 0 saturated carbocycles. The van der Waals surface area contributed by atoms with Crippen molar-refractivity contribution in [3.05, 3.63) is 29.3 Å². The van der Waals surface area contributed by atoms with Gasteiger partial charge in [-0.25, -0.2) is 9.59 Å². The second kappa shape index (κ2) is 8.08. The summed E-state index contributed by atoms with van der Waals surface area (Å²) in [6.45, 7) is 5.65. The number of aromatic carboxylic acids is 1. The Labute approximate surface area is 135 Å². The number of alkyl carbamates (subject to hydrolysis) is 1. The summed E-state index contributed by atoms with van der Waals surface area (Å²) in [5.41, 5.74) is -0.0697. The highest BCUT2D eigenvalue weighted by Crippen LogP contribution is 2.17. The van der Waals surface area contributed by atoms with E-state index in [2.05, 4.69) is 17.2 Å². The number of carbonyl (C=O) groups excluding carboxylic acids is 1. The molecule has 6 nitrogen and oxygen atoms in total. The fourth-order valence-electron chi connectivity index (χ4n) is 1.64. The molecule has 0 fully saturated rings. The highest BCUT2D eigenvalue weighted by atomic mass is 16.6. The van der Waals surface area contributed by atoms with Gasteiger partial charge in [0, 0.05) is 18.5 Å². The molecule has 2 N–H and O–H groups in total. The average Bonchev–Trinajstić information content (AvgIpc) is 2.44. The van der Waals surface area contributed by atoms with Crippen LogP contribution in [-0.4, -0.2) is 36.4 Å². The Hall–Kier alpha value is -2.68. The Morgan fingerprint density at radius 1 is 1.30 bits per heavy atom. The zero-order valence-corrected chi connectivity index (χ0v) is 13.7. The lowest BCUT2D eigenvalue weighted by atomic mass is 10.1. The molecule has 6 heteroatoms. The van der Waals surface area contributed by atoms with Crippen molar-refractivity contribution >= 4 is 12.1 Å². The van der Waals surface area contributed by atoms with E-state index >= 15 is 0 Å². The van der Waals surface area contributed by atoms with Crippen molar-refractivity contribution in [2.24, 2.45) is 0 Å². The van der Waals surface area contributed by atoms with Gasteiger partial charge < -0.3 is 19.9 Å². The summed E-state index contributed by atoms with van der Waals surface area (Å²) < 4.78 is 10.2. The van der Waals surface area contributed by atoms with Crippen molar-refractivity contribution in [2.75, 3.05) is 13.7 Å². The van der Waals surface area contributed by atoms with Crippen LogP contribution < -0.4 is 10.1 Å². The molecule has 23 heavy (non-hydrogen) atoms. The van der Waals surface area contributed by atoms with Crippen LogP contribution >= 0.6 is 0 Å². The van der Waals surface area contributed by atoms with E-state index in [9.17, 15) is 9.59 Å². The molecular weight excluding hydrogens is 298 g/mol. The number of carbonyl (C=O) groups is 2. The van der Waals surface area contributed by atoms with Crippen LogP contribution in [-0.2, 0) is 4.74 Å². The lowest BCUT2D eigenvalue weighted by Crippen LogP contribution is -2.32. The second-order valence-electron chi connectivity index (χ2n) is 5.70. The van der Waals surface area contributed by atoms with Crippen molar-refractivity contribution in [1.82, 2.24) is 5.32 Å². The number of carboxylic acids is 1. The first-order valence-corrected chi connectivity index (χ1v) is 7.10. The van der Waals surface area contributed by atoms with Gasteiger partial charge in [0.15, 0.2) is 0 Å². The first-order valence-electron chi connectivity index (χ1n) is 7.10. The molecule has 0 aliphatic rings. The van der Waals surface area contributed by atoms with Gasteiger partial charge in [-0.05, 0) is 39.0 Å². The monoisotopic (exact) mass is 319 g/mol. The molecule has 0 saturated heterocycles. The summed E-state index contributed by atoms with van der Waals surface area (Å²) >= 11 is 0. The van der Waals surface area contributed by atoms with E-state index in [0.717, 1.165) is 0 Å². The third kappa shape index (κ3) is 6.74. The average molecular weight is 319 g/mol. The maximum atomic E-state index is 11.4. The number of hydrogen-bond acceptors (Lipinski definition) is 4. The molecule has 0 aromatic heterocycles. The van der Waals surface area contributed by atoms with Crippen LogP contribution in [0, 0.1) is 11.8 Å². The van der Waals surface area contributed by atoms with Gasteiger partial charge in [0.1, 0.15) is 11.4 Å². The molecule has 0 bridgehead atoms. The minimum Gasteiger partial charge on any atom is -0.497 e. The predicted molar refractivity (Wildman–Crippen MR) is 85.7 cm³/mol. The van der Waals surface area contributed by atoms with Crippen LogP contribution in [0.3, 0.4) is 0 Å². The van der Waals surface area contributed by atoms with Crippen LogP contribution in [0.5, 0.6) is 5.75 Å². The van der Waals surface area contributed by atoms with Crippen molar-refractivity contribution in [3.63, 3.8) is 0 Å². The highest BCUT2D eigenvalue weighted by molar-refractivity contribution is 5.91. The first kappa shape index (κ1) is 18.4. The smallest absolute Gasteiger partial charge is 0.407 e. The molecule has 0 aliphatic carbocycles. The number of methoxy groups -OCH3 is 1. The number of amides is 1. The maximum absolute atomic E-state index is 11.4. The number of nitrogens with one attached hydrogen (secondary N) is 1. The van der Waals surface area contributed by atoms with Gasteiger partial charge in [-0.1, -0.05) is 11.8 Å². The molecule has 0 aliphatic heterocycles. The molecular formula is C17H21NO5. The van der Waals surface area contributed by atoms with Gasteiger partial charge in [0.05, 0.1) is 12.7 Å². The Morgan fingerprint density at radius 2 is 2.00 bits per heavy atom. The molecule has 0 spiro atoms. The number of ether oxygens (including phenoxy) is 2. The SMILES string of the molecule is COc1ccc(C(=O)O)c(C#CCCNC(=O)OC(C)(C)C)c1. The highest BCUT2D eigenvalue weighted by Gasteiger charge is 2.15. The molecule has 1 amide bonds. The summed E-state index contributed by atoms with van der Waals surface area (Å²) in [6, 6.07) is 4.58. The zero-order valence-electron chi connectivity index (χ0n) is 13.7. The van der Waals surface area contributed by atoms with E-state index in [-0.39, 0.29) is 5.56 Å². The zero-order chi connectivity index (χ0) is 17.5. The van der Waals surface area contributed by atoms with Crippen molar-refractivity contribution in [2.45, 2.75) is 32.8 Å². The minimum absolute atomic E-state index is 0.110. The summed E-state index contributed by atoms with van der Waals surface area (Å²) in [5.74, 6) is 5.10. The lowest BCUT2D eigenvalue weighted by Gasteiger charge is -2.19. The Kier molecular flexibility index (Phi) is 6.46. The number of carboxylic acid groups (broad SMARTS) is 1. The van der Waals surface area contributed by atoms with Crippen molar-refractivity contribution in [1.29, 1.82) is 0 Å². The van der Waals surface area contributed by atoms with Gasteiger partial charge in [-0.15, -0.1) is 0 Å². The molecule has 1 aromatic carbocycles. The quantitative estimate of drug-likeness (QED) is 0.658. The van der Waals surface area contributed by atoms with Crippen LogP contribution in [0.15, 0.2) is 18.2 Å². The second-order valence-corrected chi connectivity index (χ2v) is 5.70. The van der Waals surface area contributed by atoms with Gasteiger partial charge in [-0.3, -0.25) is 0 Å². The predicted octanol–water partition coefficient (Wildman–Crippen LogP) is 2.66. The third-order valence-electron chi connectivity index (χ3n) is 2.60. The van der Waals surface area contributed by atoms with E-state index in [4.69, 9.17) is 14.6 Å². The van der Waals surface area contributed by atoms with E-state index in [1.165, 1.54) is 13.2 Å². The van der Waals surface area contributed by atoms with Crippen molar-refractivity contribution in [3.8, 4) is 17.6 Å². The number of rotatable bonds is 4. The fourth-order valence-corrected chi connectivity index (χ4v) is 1.64. The molecule has 0 atom stereocenters. The standard InChI is InChI=1S/C17H21NO5/c1-17(2,3)23-16(21)18-10-6-5-7-12-11-13(22-4)8-9-14(12)15(19)20/h8-9,11H,6,10H2,1-4H3,(H,18,21)(H,19,20). The van der Waals surface area contributed by atoms with Gasteiger partial charge in [0.2, 0.25) is 0 Å². The minimum atomic E-state index is -1.05. The van der Waals surface area contributed by atoms with Gasteiger partial charge in [0.25, 0.3) is 0 Å². The maximum Gasteiger partial charge on any atom is 0.407 e. The summed E-state index contributed by atoms with van der Waals surface area (Å²) in [4.78, 5) is 22.6. The summed E-state index contributed by atoms with van der Waals surface area (Å²) in [7, 11) is 1.50. The molecule has 1 aromatic rings. The van der Waals surface area contributed by atoms with E-state index in [1.807, 2.05) is 0 Å². The van der Waals surface area contributed by atoms with Crippen LogP contribution in [0.4, 0.5) is 4.79 Å². The van der Waals surface area contributed by atoms with Crippen LogP contribution in [0.25, 0.3) is 0 Å². The van der Waals surface area contributed by atoms with E-state index in [1.54, 1.807) is 32.9 Å². The topological polar surface area (TPSA) is 84.9 Å². The van der Waals surface area contributed by atoms with Crippen LogP contribution in [0.1, 0.15) is 43.1 Å². The molecule has 0 radical (unpaired) electrons. The van der Waals surface area contributed by atoms with Crippen LogP contribution in [0.2, 0.25) is 0 Å². The molecule has 0 unspecified atom stereocenters. The Bertz CT molecular complexity index is 635. The summed E-state index contributed by atoms with van der Waals surface area (Å²) in [6.07, 6.45) is -0.137. The third-order valence-corrected chi connectivity index (χ3v) is 2.60. The Morgan fingerprint density at radius 3 is 2.57 bits per heavy atom. The largest absolute Gasteiger partial charge is 0.497 e. The molecule has 1 rings (SSSR count). The normalized spacial score (nSPS) is 10.3. The fraction of sp³-hybridized carbons (Fsp3) is 0.412. The van der Waals surface area contributed by atoms with Gasteiger partial charge >= 0.3 is 12.1 Å². The van der Waals surface area contributed by atoms with E-state index in [0.29, 0.717) is 24.3 Å². The number of benzene rings is 1. The van der Waals surface area contributed by atoms with E-state index < -0.39 is 17.7 Å². The first-order chi connectivity index (χ1) is 10.7. The summed E-state index contributed by atoms with van der Waals surface area (Å²) in [5, 5.41) is 11.7. The number of hydrogen-bond donors (Lipinski definition) is 2. The van der Waals surface area contributed by atoms with Crippen molar-refractivity contribution < 1.29 is 24.2 Å². The lowest BCUT2D eigenvalue weighted by molar-refractivity contribution is 0.0528. The van der Waals surface area contributed by atoms with Gasteiger partial charge in [-0.2, -0.15) is 0 Å².